The third kappa shape index (κ3) is 7.73. The molecule has 11 heteroatoms. The van der Waals surface area contributed by atoms with Gasteiger partial charge in [0.05, 0.1) is 20.6 Å². The van der Waals surface area contributed by atoms with Crippen molar-refractivity contribution in [2.24, 2.45) is 0 Å². The second-order valence-electron chi connectivity index (χ2n) is 6.41. The Bertz CT molecular complexity index is 954. The quantitative estimate of drug-likeness (QED) is 0.377. The maximum absolute atomic E-state index is 12.4. The molecule has 0 aliphatic carbocycles. The van der Waals surface area contributed by atoms with Crippen LogP contribution in [0.3, 0.4) is 0 Å². The van der Waals surface area contributed by atoms with E-state index in [9.17, 15) is 19.2 Å². The molecule has 33 heavy (non-hydrogen) atoms. The third-order valence-electron chi connectivity index (χ3n) is 4.19. The van der Waals surface area contributed by atoms with Crippen molar-refractivity contribution in [3.8, 4) is 11.5 Å². The summed E-state index contributed by atoms with van der Waals surface area (Å²) in [6.07, 6.45) is -1.79. The summed E-state index contributed by atoms with van der Waals surface area (Å²) in [5, 5.41) is 11.1. The molecule has 1 atom stereocenters. The van der Waals surface area contributed by atoms with E-state index in [0.29, 0.717) is 5.56 Å². The summed E-state index contributed by atoms with van der Waals surface area (Å²) < 4.78 is 24.9. The number of alkyl carbamates (subject to hydrolysis) is 1. The fraction of sp³-hybridized carbons (Fsp3) is 0.273. The van der Waals surface area contributed by atoms with Gasteiger partial charge in [-0.15, -0.1) is 0 Å². The van der Waals surface area contributed by atoms with Gasteiger partial charge in [0.2, 0.25) is 6.79 Å². The molecular formula is C22H23NO10. The fourth-order valence-electron chi connectivity index (χ4n) is 2.64. The first kappa shape index (κ1) is 25.0. The van der Waals surface area contributed by atoms with Crippen LogP contribution in [0.15, 0.2) is 48.5 Å². The van der Waals surface area contributed by atoms with Crippen LogP contribution in [-0.4, -0.2) is 56.2 Å². The van der Waals surface area contributed by atoms with Gasteiger partial charge in [-0.1, -0.05) is 36.4 Å². The van der Waals surface area contributed by atoms with E-state index in [4.69, 9.17) is 28.8 Å². The molecule has 0 heterocycles. The van der Waals surface area contributed by atoms with Gasteiger partial charge in [-0.3, -0.25) is 4.79 Å². The molecule has 0 fully saturated rings. The van der Waals surface area contributed by atoms with E-state index < -0.39 is 43.3 Å². The van der Waals surface area contributed by atoms with Crippen LogP contribution >= 0.6 is 0 Å². The SMILES string of the molecule is COc1cccc(OC)c1C(=O)OCOC(=O)[C@H](CC(=O)O)NC(=O)OCc1ccccc1. The van der Waals surface area contributed by atoms with Gasteiger partial charge in [-0.2, -0.15) is 0 Å². The van der Waals surface area contributed by atoms with Crippen molar-refractivity contribution in [2.75, 3.05) is 21.0 Å². The maximum Gasteiger partial charge on any atom is 0.408 e. The van der Waals surface area contributed by atoms with Gasteiger partial charge in [-0.05, 0) is 17.7 Å². The minimum absolute atomic E-state index is 0.0248. The van der Waals surface area contributed by atoms with Gasteiger partial charge < -0.3 is 34.1 Å². The highest BCUT2D eigenvalue weighted by atomic mass is 16.7. The number of benzene rings is 2. The first-order valence-corrected chi connectivity index (χ1v) is 9.59. The van der Waals surface area contributed by atoms with Crippen molar-refractivity contribution >= 4 is 24.0 Å². The molecule has 1 amide bonds. The lowest BCUT2D eigenvalue weighted by Gasteiger charge is -2.16. The number of amides is 1. The highest BCUT2D eigenvalue weighted by molar-refractivity contribution is 5.95. The van der Waals surface area contributed by atoms with E-state index in [2.05, 4.69) is 5.32 Å². The summed E-state index contributed by atoms with van der Waals surface area (Å²) in [5.74, 6) is -3.04. The Labute approximate surface area is 189 Å². The highest BCUT2D eigenvalue weighted by Crippen LogP contribution is 2.28. The Morgan fingerprint density at radius 3 is 2.09 bits per heavy atom. The number of rotatable bonds is 11. The van der Waals surface area contributed by atoms with Crippen molar-refractivity contribution in [3.63, 3.8) is 0 Å². The molecule has 0 saturated carbocycles. The van der Waals surface area contributed by atoms with Crippen molar-refractivity contribution in [1.29, 1.82) is 0 Å². The lowest BCUT2D eigenvalue weighted by molar-refractivity contribution is -0.157. The van der Waals surface area contributed by atoms with Crippen LogP contribution in [0, 0.1) is 0 Å². The number of aliphatic carboxylic acids is 1. The summed E-state index contributed by atoms with van der Waals surface area (Å²) in [4.78, 5) is 47.7. The number of carboxylic acid groups (broad SMARTS) is 1. The van der Waals surface area contributed by atoms with Gasteiger partial charge in [0, 0.05) is 0 Å². The molecule has 0 spiro atoms. The van der Waals surface area contributed by atoms with Crippen LogP contribution in [0.4, 0.5) is 4.79 Å². The molecule has 2 rings (SSSR count). The van der Waals surface area contributed by atoms with E-state index in [1.54, 1.807) is 36.4 Å². The number of methoxy groups -OCH3 is 2. The normalized spacial score (nSPS) is 11.0. The number of carbonyl (C=O) groups is 4. The van der Waals surface area contributed by atoms with Crippen LogP contribution in [0.25, 0.3) is 0 Å². The predicted octanol–water partition coefficient (Wildman–Crippen LogP) is 2.13. The average molecular weight is 461 g/mol. The Morgan fingerprint density at radius 2 is 1.52 bits per heavy atom. The van der Waals surface area contributed by atoms with Crippen molar-refractivity contribution in [1.82, 2.24) is 5.32 Å². The Balaban J connectivity index is 1.92. The first-order valence-electron chi connectivity index (χ1n) is 9.59. The van der Waals surface area contributed by atoms with Gasteiger partial charge in [-0.25, -0.2) is 14.4 Å². The molecule has 0 aliphatic rings. The van der Waals surface area contributed by atoms with E-state index in [0.717, 1.165) is 0 Å². The predicted molar refractivity (Wildman–Crippen MR) is 112 cm³/mol. The molecule has 11 nitrogen and oxygen atoms in total. The first-order chi connectivity index (χ1) is 15.8. The highest BCUT2D eigenvalue weighted by Gasteiger charge is 2.27. The van der Waals surface area contributed by atoms with Crippen molar-refractivity contribution < 1.29 is 48.0 Å². The monoisotopic (exact) mass is 461 g/mol. The smallest absolute Gasteiger partial charge is 0.408 e. The molecule has 0 bridgehead atoms. The van der Waals surface area contributed by atoms with Gasteiger partial charge in [0.25, 0.3) is 0 Å². The van der Waals surface area contributed by atoms with Crippen LogP contribution < -0.4 is 14.8 Å². The zero-order chi connectivity index (χ0) is 24.2. The Morgan fingerprint density at radius 1 is 0.879 bits per heavy atom. The molecular weight excluding hydrogens is 438 g/mol. The van der Waals surface area contributed by atoms with Crippen LogP contribution in [0.5, 0.6) is 11.5 Å². The number of nitrogens with one attached hydrogen (secondary N) is 1. The largest absolute Gasteiger partial charge is 0.496 e. The zero-order valence-electron chi connectivity index (χ0n) is 17.9. The zero-order valence-corrected chi connectivity index (χ0v) is 17.9. The molecule has 0 aromatic heterocycles. The number of carboxylic acids is 1. The fourth-order valence-corrected chi connectivity index (χ4v) is 2.64. The molecule has 0 unspecified atom stereocenters. The molecule has 2 aromatic rings. The summed E-state index contributed by atoms with van der Waals surface area (Å²) in [7, 11) is 2.70. The summed E-state index contributed by atoms with van der Waals surface area (Å²) in [6.45, 7) is -0.921. The minimum Gasteiger partial charge on any atom is -0.496 e. The van der Waals surface area contributed by atoms with E-state index >= 15 is 0 Å². The molecule has 2 aromatic carbocycles. The van der Waals surface area contributed by atoms with Crippen LogP contribution in [0.1, 0.15) is 22.3 Å². The second-order valence-corrected chi connectivity index (χ2v) is 6.41. The third-order valence-corrected chi connectivity index (χ3v) is 4.19. The number of hydrogen-bond donors (Lipinski definition) is 2. The van der Waals surface area contributed by atoms with Crippen LogP contribution in [-0.2, 0) is 30.4 Å². The standard InChI is InChI=1S/C22H23NO10/c1-29-16-9-6-10-17(30-2)19(16)21(27)33-13-32-20(26)15(11-18(24)25)23-22(28)31-12-14-7-4-3-5-8-14/h3-10,15H,11-13H2,1-2H3,(H,23,28)(H,24,25)/t15-/m0/s1. The average Bonchev–Trinajstić information content (AvgIpc) is 2.81. The summed E-state index contributed by atoms with van der Waals surface area (Å²) >= 11 is 0. The van der Waals surface area contributed by atoms with E-state index in [1.807, 2.05) is 0 Å². The van der Waals surface area contributed by atoms with E-state index in [1.165, 1.54) is 26.4 Å². The Hall–Kier alpha value is -4.28. The van der Waals surface area contributed by atoms with E-state index in [-0.39, 0.29) is 23.7 Å². The molecule has 176 valence electrons. The van der Waals surface area contributed by atoms with Gasteiger partial charge in [0.15, 0.2) is 0 Å². The summed E-state index contributed by atoms with van der Waals surface area (Å²) in [5.41, 5.74) is 0.673. The lowest BCUT2D eigenvalue weighted by atomic mass is 10.2. The lowest BCUT2D eigenvalue weighted by Crippen LogP contribution is -2.43. The number of carbonyl (C=O) groups excluding carboxylic acids is 3. The Kier molecular flexibility index (Phi) is 9.50. The number of hydrogen-bond acceptors (Lipinski definition) is 9. The van der Waals surface area contributed by atoms with Crippen LogP contribution in [0.2, 0.25) is 0 Å². The minimum atomic E-state index is -1.56. The number of ether oxygens (including phenoxy) is 5. The molecule has 0 saturated heterocycles. The van der Waals surface area contributed by atoms with Crippen molar-refractivity contribution in [3.05, 3.63) is 59.7 Å². The summed E-state index contributed by atoms with van der Waals surface area (Å²) in [6, 6.07) is 11.8. The van der Waals surface area contributed by atoms with Gasteiger partial charge >= 0.3 is 24.0 Å². The number of esters is 2. The second kappa shape index (κ2) is 12.5. The molecule has 0 aliphatic heterocycles. The molecule has 0 radical (unpaired) electrons. The topological polar surface area (TPSA) is 147 Å². The molecule has 2 N–H and O–H groups in total. The maximum atomic E-state index is 12.4. The van der Waals surface area contributed by atoms with Crippen molar-refractivity contribution in [2.45, 2.75) is 19.1 Å². The van der Waals surface area contributed by atoms with Gasteiger partial charge in [0.1, 0.15) is 29.7 Å².